The Morgan fingerprint density at radius 3 is 1.93 bits per heavy atom. The number of hydrogen-bond donors (Lipinski definition) is 0. The van der Waals surface area contributed by atoms with Crippen LogP contribution in [-0.2, 0) is 25.8 Å². The van der Waals surface area contributed by atoms with Crippen LogP contribution in [0.3, 0.4) is 0 Å². The third kappa shape index (κ3) is 4.70. The van der Waals surface area contributed by atoms with Crippen LogP contribution in [0.5, 0.6) is 0 Å². The number of aryl methyl sites for hydroxylation is 1. The van der Waals surface area contributed by atoms with Crippen molar-refractivity contribution in [1.82, 2.24) is 0 Å². The molecule has 30 heavy (non-hydrogen) atoms. The molecule has 0 saturated heterocycles. The molecule has 0 radical (unpaired) electrons. The van der Waals surface area contributed by atoms with E-state index in [1.807, 2.05) is 0 Å². The fourth-order valence-corrected chi connectivity index (χ4v) is 10.3. The second-order valence-corrected chi connectivity index (χ2v) is 19.0. The summed E-state index contributed by atoms with van der Waals surface area (Å²) in [6.45, 7) is 18.3. The summed E-state index contributed by atoms with van der Waals surface area (Å²) in [4.78, 5) is 0. The first-order chi connectivity index (χ1) is 14.0. The molecule has 1 aliphatic rings. The Kier molecular flexibility index (Phi) is 7.49. The van der Waals surface area contributed by atoms with Crippen molar-refractivity contribution >= 4 is 23.1 Å². The van der Waals surface area contributed by atoms with Crippen LogP contribution in [-0.4, -0.2) is 0 Å². The van der Waals surface area contributed by atoms with Crippen molar-refractivity contribution in [1.29, 1.82) is 0 Å². The molecule has 1 aliphatic carbocycles. The van der Waals surface area contributed by atoms with E-state index in [1.165, 1.54) is 44.5 Å². The normalized spacial score (nSPS) is 16.3. The third-order valence-electron chi connectivity index (χ3n) is 6.35. The molecule has 0 saturated carbocycles. The van der Waals surface area contributed by atoms with Crippen LogP contribution in [0.15, 0.2) is 35.9 Å². The van der Waals surface area contributed by atoms with Gasteiger partial charge in [0.25, 0.3) is 0 Å². The van der Waals surface area contributed by atoms with Gasteiger partial charge >= 0.3 is 200 Å². The van der Waals surface area contributed by atoms with E-state index in [2.05, 4.69) is 91.8 Å². The van der Waals surface area contributed by atoms with Gasteiger partial charge in [0.2, 0.25) is 0 Å². The summed E-state index contributed by atoms with van der Waals surface area (Å²) in [6, 6.07) is 11.8. The molecule has 0 aliphatic heterocycles. The van der Waals surface area contributed by atoms with Crippen LogP contribution in [0.2, 0.25) is 0 Å². The van der Waals surface area contributed by atoms with Gasteiger partial charge in [0.05, 0.1) is 0 Å². The van der Waals surface area contributed by atoms with Gasteiger partial charge in [-0.25, -0.2) is 0 Å². The monoisotopic (exact) mass is 519 g/mol. The molecule has 0 heterocycles. The second kappa shape index (κ2) is 9.25. The van der Waals surface area contributed by atoms with E-state index < -0.39 is 19.4 Å². The van der Waals surface area contributed by atoms with E-state index in [0.29, 0.717) is 11.8 Å². The molecule has 3 rings (SSSR count). The molecule has 0 N–H and O–H groups in total. The predicted octanol–water partition coefficient (Wildman–Crippen LogP) is 9.57. The van der Waals surface area contributed by atoms with Crippen LogP contribution >= 0.6 is 17.0 Å². The van der Waals surface area contributed by atoms with E-state index in [0.717, 1.165) is 6.42 Å². The molecule has 0 spiro atoms. The van der Waals surface area contributed by atoms with Crippen LogP contribution in [0.1, 0.15) is 98.7 Å². The molecular weight excluding hydrogens is 486 g/mol. The molecule has 0 fully saturated rings. The minimum atomic E-state index is -2.55. The SMILES string of the molecule is CCc1ccc2c(c1-c1cc(C(C)C)cc(C(C)C)c1)C=C(C(C)(C)C)[CH]2[Zr]([Cl])[Cl]. The zero-order valence-corrected chi connectivity index (χ0v) is 23.6. The van der Waals surface area contributed by atoms with Crippen molar-refractivity contribution in [2.75, 3.05) is 0 Å². The van der Waals surface area contributed by atoms with Crippen molar-refractivity contribution in [2.45, 2.75) is 77.3 Å². The molecular formula is C27H35Cl2Zr. The van der Waals surface area contributed by atoms with Gasteiger partial charge in [-0.15, -0.1) is 0 Å². The van der Waals surface area contributed by atoms with Crippen LogP contribution in [0, 0.1) is 5.41 Å². The molecule has 3 heteroatoms. The molecule has 0 bridgehead atoms. The fraction of sp³-hybridized carbons (Fsp3) is 0.481. The summed E-state index contributed by atoms with van der Waals surface area (Å²) in [7, 11) is 13.5. The first-order valence-corrected chi connectivity index (χ1v) is 18.9. The Morgan fingerprint density at radius 2 is 1.50 bits per heavy atom. The van der Waals surface area contributed by atoms with Gasteiger partial charge in [-0.2, -0.15) is 0 Å². The van der Waals surface area contributed by atoms with E-state index >= 15 is 0 Å². The molecule has 1 unspecified atom stereocenters. The third-order valence-corrected chi connectivity index (χ3v) is 11.5. The van der Waals surface area contributed by atoms with E-state index in [-0.39, 0.29) is 9.04 Å². The maximum atomic E-state index is 6.74. The van der Waals surface area contributed by atoms with Crippen molar-refractivity contribution in [3.8, 4) is 11.1 Å². The van der Waals surface area contributed by atoms with Gasteiger partial charge in [0, 0.05) is 0 Å². The van der Waals surface area contributed by atoms with Gasteiger partial charge in [0.1, 0.15) is 0 Å². The molecule has 2 aromatic carbocycles. The average molecular weight is 522 g/mol. The molecule has 0 aromatic heterocycles. The number of allylic oxidation sites excluding steroid dienone is 1. The minimum absolute atomic E-state index is 0.0613. The standard InChI is InChI=1S/C27H35.2ClH.Zr/c1-9-19-10-11-20-15-24(27(6,7)8)16-25(20)26(19)23-13-21(17(2)3)12-22(14-23)18(4)5;;;/h10-18H,9H2,1-8H3;2*1H;/q;;;+2/p-2. The summed E-state index contributed by atoms with van der Waals surface area (Å²) in [5.41, 5.74) is 11.2. The van der Waals surface area contributed by atoms with E-state index in [4.69, 9.17) is 17.0 Å². The Morgan fingerprint density at radius 1 is 0.933 bits per heavy atom. The summed E-state index contributed by atoms with van der Waals surface area (Å²) in [5.74, 6) is 1.01. The summed E-state index contributed by atoms with van der Waals surface area (Å²) in [5, 5.41) is 0. The molecule has 1 atom stereocenters. The zero-order valence-electron chi connectivity index (χ0n) is 19.7. The van der Waals surface area contributed by atoms with Gasteiger partial charge in [-0.05, 0) is 0 Å². The van der Waals surface area contributed by atoms with Crippen molar-refractivity contribution in [3.63, 3.8) is 0 Å². The number of fused-ring (bicyclic) bond motifs is 1. The molecule has 2 aromatic rings. The van der Waals surface area contributed by atoms with Crippen LogP contribution in [0.4, 0.5) is 0 Å². The summed E-state index contributed by atoms with van der Waals surface area (Å²) >= 11 is -2.55. The van der Waals surface area contributed by atoms with E-state index in [1.54, 1.807) is 0 Å². The molecule has 0 nitrogen and oxygen atoms in total. The van der Waals surface area contributed by atoms with Crippen LogP contribution in [0.25, 0.3) is 17.2 Å². The fourth-order valence-electron chi connectivity index (χ4n) is 4.50. The molecule has 0 amide bonds. The Labute approximate surface area is 198 Å². The first kappa shape index (κ1) is 24.3. The second-order valence-electron chi connectivity index (χ2n) is 10.2. The zero-order chi connectivity index (χ0) is 22.4. The Balaban J connectivity index is 2.35. The Hall–Kier alpha value is -0.357. The number of rotatable bonds is 5. The predicted molar refractivity (Wildman–Crippen MR) is 131 cm³/mol. The van der Waals surface area contributed by atoms with Gasteiger partial charge in [-0.1, -0.05) is 0 Å². The molecule has 161 valence electrons. The maximum absolute atomic E-state index is 6.74. The summed E-state index contributed by atoms with van der Waals surface area (Å²) < 4.78 is 0.244. The quantitative estimate of drug-likeness (QED) is 0.367. The topological polar surface area (TPSA) is 0 Å². The number of benzene rings is 2. The van der Waals surface area contributed by atoms with Gasteiger partial charge in [-0.3, -0.25) is 0 Å². The Bertz CT molecular complexity index is 935. The number of hydrogen-bond acceptors (Lipinski definition) is 0. The average Bonchev–Trinajstić information content (AvgIpc) is 3.06. The first-order valence-electron chi connectivity index (χ1n) is 11.2. The van der Waals surface area contributed by atoms with Crippen molar-refractivity contribution < 1.29 is 19.4 Å². The van der Waals surface area contributed by atoms with Gasteiger partial charge < -0.3 is 0 Å². The van der Waals surface area contributed by atoms with Crippen molar-refractivity contribution in [2.24, 2.45) is 5.41 Å². The van der Waals surface area contributed by atoms with Gasteiger partial charge in [0.15, 0.2) is 0 Å². The summed E-state index contributed by atoms with van der Waals surface area (Å²) in [6.07, 6.45) is 3.44. The van der Waals surface area contributed by atoms with Crippen LogP contribution < -0.4 is 0 Å². The van der Waals surface area contributed by atoms with E-state index in [9.17, 15) is 0 Å². The number of halogens is 2. The van der Waals surface area contributed by atoms with Crippen molar-refractivity contribution in [3.05, 3.63) is 63.7 Å².